The highest BCUT2D eigenvalue weighted by Crippen LogP contribution is 2.12. The summed E-state index contributed by atoms with van der Waals surface area (Å²) in [5.41, 5.74) is 0. The number of hydrogen-bond donors (Lipinski definition) is 0. The Bertz CT molecular complexity index is 169. The van der Waals surface area contributed by atoms with Crippen molar-refractivity contribution in [2.45, 2.75) is 77.0 Å². The molecule has 0 N–H and O–H groups in total. The van der Waals surface area contributed by atoms with Gasteiger partial charge in [0.2, 0.25) is 0 Å². The molecule has 0 nitrogen and oxygen atoms in total. The average molecular weight is 226 g/mol. The summed E-state index contributed by atoms with van der Waals surface area (Å²) in [7, 11) is 0. The fraction of sp³-hybridized carbons (Fsp3) is 0.929. The second-order valence-electron chi connectivity index (χ2n) is 4.63. The van der Waals surface area contributed by atoms with Gasteiger partial charge in [0, 0.05) is 12.2 Å². The van der Waals surface area contributed by atoms with Crippen LogP contribution in [0.5, 0.6) is 0 Å². The summed E-state index contributed by atoms with van der Waals surface area (Å²) in [6.07, 6.45) is 17.1. The largest absolute Gasteiger partial charge is 0.135 e. The first-order valence-corrected chi connectivity index (χ1v) is 7.83. The monoisotopic (exact) mass is 226 g/mol. The van der Waals surface area contributed by atoms with Gasteiger partial charge in [0.25, 0.3) is 0 Å². The molecule has 1 heterocycles. The minimum Gasteiger partial charge on any atom is -0.135 e. The van der Waals surface area contributed by atoms with Crippen LogP contribution in [0.4, 0.5) is 0 Å². The molecule has 0 saturated heterocycles. The van der Waals surface area contributed by atoms with Crippen molar-refractivity contribution in [3.63, 3.8) is 0 Å². The van der Waals surface area contributed by atoms with E-state index in [4.69, 9.17) is 0 Å². The predicted molar refractivity (Wildman–Crippen MR) is 71.8 cm³/mol. The van der Waals surface area contributed by atoms with Gasteiger partial charge >= 0.3 is 0 Å². The molecule has 0 amide bonds. The quantitative estimate of drug-likeness (QED) is 0.520. The van der Waals surface area contributed by atoms with Gasteiger partial charge in [-0.05, 0) is 12.8 Å². The highest BCUT2D eigenvalue weighted by atomic mass is 32.1. The van der Waals surface area contributed by atoms with E-state index in [2.05, 4.69) is 5.18 Å². The highest BCUT2D eigenvalue weighted by molar-refractivity contribution is 7.88. The normalized spacial score (nSPS) is 22.4. The van der Waals surface area contributed by atoms with Crippen LogP contribution >= 0.6 is 11.2 Å². The van der Waals surface area contributed by atoms with Crippen LogP contribution in [0.15, 0.2) is 0 Å². The number of hydrogen-bond acceptors (Lipinski definition) is 0. The molecule has 0 aromatic rings. The van der Waals surface area contributed by atoms with Crippen molar-refractivity contribution >= 4 is 11.2 Å². The topological polar surface area (TPSA) is 0 Å². The van der Waals surface area contributed by atoms with Gasteiger partial charge < -0.3 is 0 Å². The summed E-state index contributed by atoms with van der Waals surface area (Å²) in [5.74, 6) is 1.31. The van der Waals surface area contributed by atoms with E-state index in [-0.39, 0.29) is 0 Å². The van der Waals surface area contributed by atoms with Crippen LogP contribution < -0.4 is 0 Å². The van der Waals surface area contributed by atoms with Crippen LogP contribution in [0.25, 0.3) is 0 Å². The minimum absolute atomic E-state index is 1.21. The Morgan fingerprint density at radius 1 is 0.533 bits per heavy atom. The Morgan fingerprint density at radius 2 is 1.00 bits per heavy atom. The zero-order chi connectivity index (χ0) is 10.6. The maximum atomic E-state index is 3.47. The molecule has 1 aliphatic heterocycles. The van der Waals surface area contributed by atoms with Gasteiger partial charge in [-0.1, -0.05) is 63.0 Å². The van der Waals surface area contributed by atoms with Gasteiger partial charge in [-0.2, -0.15) is 0 Å². The molecule has 1 rings (SSSR count). The molecular weight excluding hydrogens is 200 g/mol. The third-order valence-electron chi connectivity index (χ3n) is 3.13. The van der Waals surface area contributed by atoms with Gasteiger partial charge in [-0.25, -0.2) is 0 Å². The summed E-state index contributed by atoms with van der Waals surface area (Å²) in [6.45, 7) is 0. The molecule has 0 bridgehead atoms. The summed E-state index contributed by atoms with van der Waals surface area (Å²) in [5, 5.41) is 3.47. The van der Waals surface area contributed by atoms with Crippen LogP contribution in [0.2, 0.25) is 0 Å². The highest BCUT2D eigenvalue weighted by Gasteiger charge is 1.93. The van der Waals surface area contributed by atoms with Crippen LogP contribution in [0, 0.1) is 5.18 Å². The Morgan fingerprint density at radius 3 is 1.60 bits per heavy atom. The smallest absolute Gasteiger partial charge is 0.0178 e. The zero-order valence-corrected chi connectivity index (χ0v) is 10.9. The lowest BCUT2D eigenvalue weighted by molar-refractivity contribution is 0.552. The molecule has 15 heavy (non-hydrogen) atoms. The molecule has 0 unspecified atom stereocenters. The molecule has 0 aromatic heterocycles. The average Bonchev–Trinajstić information content (AvgIpc) is 2.27. The molecule has 0 saturated carbocycles. The van der Waals surface area contributed by atoms with Crippen LogP contribution in [0.3, 0.4) is 0 Å². The maximum absolute atomic E-state index is 3.47. The fourth-order valence-electron chi connectivity index (χ4n) is 2.11. The Hall–Kier alpha value is 0. The van der Waals surface area contributed by atoms with E-state index in [1.54, 1.807) is 0 Å². The van der Waals surface area contributed by atoms with Crippen LogP contribution in [-0.2, 0) is 0 Å². The van der Waals surface area contributed by atoms with E-state index in [1.165, 1.54) is 82.8 Å². The lowest BCUT2D eigenvalue weighted by atomic mass is 10.1. The van der Waals surface area contributed by atoms with E-state index >= 15 is 0 Å². The molecule has 0 aliphatic carbocycles. The minimum atomic E-state index is 1.21. The lowest BCUT2D eigenvalue weighted by Crippen LogP contribution is -1.82. The molecule has 0 atom stereocenters. The molecule has 1 aliphatic rings. The van der Waals surface area contributed by atoms with E-state index in [0.29, 0.717) is 0 Å². The Labute approximate surface area is 99.4 Å². The SMILES string of the molecule is C1#SCCCCCCCCCCCCC1. The first-order valence-electron chi connectivity index (χ1n) is 6.85. The number of rotatable bonds is 0. The molecular formula is C14H26S. The lowest BCUT2D eigenvalue weighted by Gasteiger charge is -2.01. The predicted octanol–water partition coefficient (Wildman–Crippen LogP) is 5.37. The van der Waals surface area contributed by atoms with Crippen molar-refractivity contribution in [2.75, 3.05) is 5.75 Å². The summed E-state index contributed by atoms with van der Waals surface area (Å²) in [4.78, 5) is 0. The van der Waals surface area contributed by atoms with Crippen molar-refractivity contribution in [3.05, 3.63) is 0 Å². The van der Waals surface area contributed by atoms with Gasteiger partial charge in [0.1, 0.15) is 0 Å². The van der Waals surface area contributed by atoms with Crippen molar-refractivity contribution in [2.24, 2.45) is 0 Å². The third kappa shape index (κ3) is 8.96. The second kappa shape index (κ2) is 10.5. The standard InChI is InChI=1S/C14H26S/c1-2-4-6-8-10-12-14-15-13-11-9-7-5-3-1/h1-13H2. The second-order valence-corrected chi connectivity index (χ2v) is 5.62. The van der Waals surface area contributed by atoms with Crippen LogP contribution in [0.1, 0.15) is 77.0 Å². The van der Waals surface area contributed by atoms with Gasteiger partial charge in [-0.15, -0.1) is 11.2 Å². The summed E-state index contributed by atoms with van der Waals surface area (Å²) < 4.78 is 0. The van der Waals surface area contributed by atoms with Crippen molar-refractivity contribution in [1.82, 2.24) is 0 Å². The maximum Gasteiger partial charge on any atom is 0.0178 e. The molecule has 0 fully saturated rings. The van der Waals surface area contributed by atoms with Crippen molar-refractivity contribution in [3.8, 4) is 5.18 Å². The van der Waals surface area contributed by atoms with Crippen molar-refractivity contribution < 1.29 is 0 Å². The van der Waals surface area contributed by atoms with Gasteiger partial charge in [0.05, 0.1) is 0 Å². The van der Waals surface area contributed by atoms with Crippen molar-refractivity contribution in [1.29, 1.82) is 0 Å². The molecule has 0 spiro atoms. The first kappa shape index (κ1) is 13.1. The van der Waals surface area contributed by atoms with Gasteiger partial charge in [-0.3, -0.25) is 0 Å². The van der Waals surface area contributed by atoms with E-state index in [1.807, 2.05) is 11.2 Å². The first-order chi connectivity index (χ1) is 7.50. The van der Waals surface area contributed by atoms with E-state index in [0.717, 1.165) is 0 Å². The summed E-state index contributed by atoms with van der Waals surface area (Å²) in [6, 6.07) is 0. The molecule has 0 radical (unpaired) electrons. The molecule has 0 aromatic carbocycles. The molecule has 88 valence electrons. The van der Waals surface area contributed by atoms with Gasteiger partial charge in [0.15, 0.2) is 0 Å². The molecule has 1 heteroatoms. The third-order valence-corrected chi connectivity index (χ3v) is 4.03. The Balaban J connectivity index is 2.10. The fourth-order valence-corrected chi connectivity index (χ4v) is 2.89. The van der Waals surface area contributed by atoms with E-state index < -0.39 is 0 Å². The summed E-state index contributed by atoms with van der Waals surface area (Å²) >= 11 is 1.93. The van der Waals surface area contributed by atoms with Crippen LogP contribution in [-0.4, -0.2) is 5.75 Å². The Kier molecular flexibility index (Phi) is 9.16. The van der Waals surface area contributed by atoms with E-state index in [9.17, 15) is 0 Å². The zero-order valence-electron chi connectivity index (χ0n) is 10.1.